The molecule has 0 saturated carbocycles. The summed E-state index contributed by atoms with van der Waals surface area (Å²) in [5, 5.41) is 10.7. The van der Waals surface area contributed by atoms with E-state index in [0.29, 0.717) is 11.5 Å². The molecule has 0 aliphatic carbocycles. The highest BCUT2D eigenvalue weighted by Crippen LogP contribution is 2.36. The molecule has 1 N–H and O–H groups in total. The molecule has 0 amide bonds. The third-order valence-corrected chi connectivity index (χ3v) is 3.20. The molecule has 0 aliphatic rings. The maximum absolute atomic E-state index is 10.7. The van der Waals surface area contributed by atoms with Gasteiger partial charge < -0.3 is 19.3 Å². The molecule has 1 aromatic carbocycles. The predicted octanol–water partition coefficient (Wildman–Crippen LogP) is 2.19. The van der Waals surface area contributed by atoms with Crippen LogP contribution in [0.2, 0.25) is 0 Å². The fraction of sp³-hybridized carbons (Fsp3) is 0.571. The van der Waals surface area contributed by atoms with Gasteiger partial charge in [0.25, 0.3) is 0 Å². The molecule has 0 fully saturated rings. The number of benzene rings is 1. The Morgan fingerprint density at radius 2 is 1.72 bits per heavy atom. The van der Waals surface area contributed by atoms with Crippen LogP contribution in [0.5, 0.6) is 11.5 Å². The van der Waals surface area contributed by atoms with Gasteiger partial charge in [0.15, 0.2) is 11.5 Å². The second-order valence-corrected chi connectivity index (χ2v) is 4.58. The van der Waals surface area contributed by atoms with Gasteiger partial charge in [-0.1, -0.05) is 19.9 Å². The van der Waals surface area contributed by atoms with Crippen LogP contribution >= 0.6 is 0 Å². The van der Waals surface area contributed by atoms with Gasteiger partial charge >= 0.3 is 0 Å². The second-order valence-electron chi connectivity index (χ2n) is 4.58. The maximum atomic E-state index is 10.7. The van der Waals surface area contributed by atoms with Crippen molar-refractivity contribution >= 4 is 0 Å². The van der Waals surface area contributed by atoms with Crippen LogP contribution in [0.25, 0.3) is 0 Å². The van der Waals surface area contributed by atoms with Crippen LogP contribution < -0.4 is 9.47 Å². The van der Waals surface area contributed by atoms with Gasteiger partial charge in [-0.2, -0.15) is 0 Å². The van der Waals surface area contributed by atoms with E-state index in [1.165, 1.54) is 0 Å². The Balaban J connectivity index is 3.21. The molecule has 0 aliphatic heterocycles. The van der Waals surface area contributed by atoms with Crippen molar-refractivity contribution in [1.82, 2.24) is 0 Å². The molecule has 0 saturated heterocycles. The zero-order chi connectivity index (χ0) is 13.8. The molecule has 102 valence electrons. The van der Waals surface area contributed by atoms with Gasteiger partial charge in [0.2, 0.25) is 0 Å². The molecular formula is C14H22O4. The van der Waals surface area contributed by atoms with Crippen molar-refractivity contribution in [3.63, 3.8) is 0 Å². The van der Waals surface area contributed by atoms with Crippen molar-refractivity contribution in [2.24, 2.45) is 5.92 Å². The minimum absolute atomic E-state index is 0.0237. The molecule has 18 heavy (non-hydrogen) atoms. The van der Waals surface area contributed by atoms with Crippen molar-refractivity contribution in [2.45, 2.75) is 19.4 Å². The quantitative estimate of drug-likeness (QED) is 0.845. The lowest BCUT2D eigenvalue weighted by molar-refractivity contribution is -0.0701. The van der Waals surface area contributed by atoms with Crippen LogP contribution in [-0.2, 0) is 10.3 Å². The van der Waals surface area contributed by atoms with E-state index < -0.39 is 5.60 Å². The molecule has 0 spiro atoms. The molecule has 1 aromatic rings. The number of ether oxygens (including phenoxy) is 3. The Morgan fingerprint density at radius 1 is 1.11 bits per heavy atom. The summed E-state index contributed by atoms with van der Waals surface area (Å²) in [6.07, 6.45) is 0. The highest BCUT2D eigenvalue weighted by molar-refractivity contribution is 5.44. The lowest BCUT2D eigenvalue weighted by Gasteiger charge is -2.32. The molecular weight excluding hydrogens is 232 g/mol. The van der Waals surface area contributed by atoms with Crippen LogP contribution in [0.3, 0.4) is 0 Å². The zero-order valence-corrected chi connectivity index (χ0v) is 11.7. The fourth-order valence-corrected chi connectivity index (χ4v) is 1.91. The number of hydrogen-bond acceptors (Lipinski definition) is 4. The van der Waals surface area contributed by atoms with Crippen molar-refractivity contribution < 1.29 is 19.3 Å². The lowest BCUT2D eigenvalue weighted by atomic mass is 9.84. The summed E-state index contributed by atoms with van der Waals surface area (Å²) >= 11 is 0. The van der Waals surface area contributed by atoms with Gasteiger partial charge in [-0.15, -0.1) is 0 Å². The zero-order valence-electron chi connectivity index (χ0n) is 11.7. The number of rotatable bonds is 6. The Morgan fingerprint density at radius 3 is 2.17 bits per heavy atom. The van der Waals surface area contributed by atoms with Crippen molar-refractivity contribution in [3.8, 4) is 11.5 Å². The highest BCUT2D eigenvalue weighted by atomic mass is 16.5. The SMILES string of the molecule is COCC(O)(c1ccc(OC)c(OC)c1)C(C)C. The molecule has 0 aromatic heterocycles. The Labute approximate surface area is 108 Å². The molecule has 0 heterocycles. The van der Waals surface area contributed by atoms with Crippen LogP contribution in [0.4, 0.5) is 0 Å². The summed E-state index contributed by atoms with van der Waals surface area (Å²) in [7, 11) is 4.74. The van der Waals surface area contributed by atoms with Crippen molar-refractivity contribution in [1.29, 1.82) is 0 Å². The van der Waals surface area contributed by atoms with Gasteiger partial charge in [0.1, 0.15) is 5.60 Å². The lowest BCUT2D eigenvalue weighted by Crippen LogP contribution is -2.36. The monoisotopic (exact) mass is 254 g/mol. The van der Waals surface area contributed by atoms with Crippen LogP contribution in [0.1, 0.15) is 19.4 Å². The van der Waals surface area contributed by atoms with E-state index in [1.807, 2.05) is 19.9 Å². The highest BCUT2D eigenvalue weighted by Gasteiger charge is 2.33. The molecule has 4 heteroatoms. The van der Waals surface area contributed by atoms with E-state index >= 15 is 0 Å². The van der Waals surface area contributed by atoms with Crippen LogP contribution in [0, 0.1) is 5.92 Å². The molecule has 4 nitrogen and oxygen atoms in total. The van der Waals surface area contributed by atoms with Gasteiger partial charge in [-0.25, -0.2) is 0 Å². The first-order chi connectivity index (χ1) is 8.49. The standard InChI is InChI=1S/C14H22O4/c1-10(2)14(15,9-16-3)11-6-7-12(17-4)13(8-11)18-5/h6-8,10,15H,9H2,1-5H3. The van der Waals surface area contributed by atoms with Crippen LogP contribution in [0.15, 0.2) is 18.2 Å². The van der Waals surface area contributed by atoms with E-state index in [9.17, 15) is 5.11 Å². The molecule has 0 radical (unpaired) electrons. The van der Waals surface area contributed by atoms with Crippen LogP contribution in [-0.4, -0.2) is 33.0 Å². The van der Waals surface area contributed by atoms with E-state index in [1.54, 1.807) is 33.5 Å². The van der Waals surface area contributed by atoms with Gasteiger partial charge in [0, 0.05) is 7.11 Å². The largest absolute Gasteiger partial charge is 0.493 e. The third kappa shape index (κ3) is 2.76. The minimum atomic E-state index is -1.03. The first-order valence-corrected chi connectivity index (χ1v) is 5.93. The topological polar surface area (TPSA) is 47.9 Å². The van der Waals surface area contributed by atoms with Crippen molar-refractivity contribution in [2.75, 3.05) is 27.9 Å². The Kier molecular flexibility index (Phi) is 4.99. The summed E-state index contributed by atoms with van der Waals surface area (Å²) in [6.45, 7) is 4.14. The number of aliphatic hydroxyl groups is 1. The van der Waals surface area contributed by atoms with E-state index in [4.69, 9.17) is 14.2 Å². The summed E-state index contributed by atoms with van der Waals surface area (Å²) < 4.78 is 15.6. The van der Waals surface area contributed by atoms with E-state index in [2.05, 4.69) is 0 Å². The number of methoxy groups -OCH3 is 3. The normalized spacial score (nSPS) is 14.4. The van der Waals surface area contributed by atoms with Crippen molar-refractivity contribution in [3.05, 3.63) is 23.8 Å². The average molecular weight is 254 g/mol. The predicted molar refractivity (Wildman–Crippen MR) is 70.2 cm³/mol. The summed E-state index contributed by atoms with van der Waals surface area (Å²) in [4.78, 5) is 0. The van der Waals surface area contributed by atoms with E-state index in [0.717, 1.165) is 5.56 Å². The summed E-state index contributed by atoms with van der Waals surface area (Å²) in [5.74, 6) is 1.27. The van der Waals surface area contributed by atoms with Gasteiger partial charge in [-0.05, 0) is 23.6 Å². The molecule has 1 unspecified atom stereocenters. The Hall–Kier alpha value is -1.26. The second kappa shape index (κ2) is 6.07. The number of hydrogen-bond donors (Lipinski definition) is 1. The first-order valence-electron chi connectivity index (χ1n) is 5.93. The average Bonchev–Trinajstić information content (AvgIpc) is 2.37. The summed E-state index contributed by atoms with van der Waals surface area (Å²) in [6, 6.07) is 5.41. The first kappa shape index (κ1) is 14.8. The minimum Gasteiger partial charge on any atom is -0.493 e. The van der Waals surface area contributed by atoms with Gasteiger partial charge in [0.05, 0.1) is 20.8 Å². The smallest absolute Gasteiger partial charge is 0.161 e. The molecule has 1 atom stereocenters. The third-order valence-electron chi connectivity index (χ3n) is 3.20. The van der Waals surface area contributed by atoms with Gasteiger partial charge in [-0.3, -0.25) is 0 Å². The van der Waals surface area contributed by atoms with E-state index in [-0.39, 0.29) is 12.5 Å². The molecule has 1 rings (SSSR count). The summed E-state index contributed by atoms with van der Waals surface area (Å²) in [5.41, 5.74) is -0.272. The maximum Gasteiger partial charge on any atom is 0.161 e. The fourth-order valence-electron chi connectivity index (χ4n) is 1.91. The Bertz CT molecular complexity index is 389. The molecule has 0 bridgehead atoms.